The fourth-order valence-corrected chi connectivity index (χ4v) is 0.974. The van der Waals surface area contributed by atoms with Gasteiger partial charge < -0.3 is 5.32 Å². The molecule has 3 nitrogen and oxygen atoms in total. The van der Waals surface area contributed by atoms with Crippen LogP contribution in [0.5, 0.6) is 0 Å². The van der Waals surface area contributed by atoms with Crippen LogP contribution in [0, 0.1) is 12.3 Å². The number of hydrogen-bond donors (Lipinski definition) is 2. The van der Waals surface area contributed by atoms with Gasteiger partial charge in [-0.05, 0) is 24.8 Å². The summed E-state index contributed by atoms with van der Waals surface area (Å²) in [4.78, 5) is 4.10. The number of thioether (sulfide) groups is 1. The van der Waals surface area contributed by atoms with Gasteiger partial charge >= 0.3 is 0 Å². The number of aryl methyl sites for hydroxylation is 1. The summed E-state index contributed by atoms with van der Waals surface area (Å²) in [5.74, 6) is 0.761. The van der Waals surface area contributed by atoms with Crippen LogP contribution in [0.2, 0.25) is 0 Å². The molecule has 1 aromatic heterocycles. The summed E-state index contributed by atoms with van der Waals surface area (Å²) in [5, 5.41) is 10.7. The van der Waals surface area contributed by atoms with Crippen molar-refractivity contribution in [3.8, 4) is 0 Å². The average Bonchev–Trinajstić information content (AvgIpc) is 2.09. The molecule has 0 spiro atoms. The number of rotatable bonds is 1. The second kappa shape index (κ2) is 4.11. The van der Waals surface area contributed by atoms with Crippen molar-refractivity contribution in [1.29, 1.82) is 5.41 Å². The zero-order chi connectivity index (χ0) is 8.97. The van der Waals surface area contributed by atoms with Crippen LogP contribution in [-0.4, -0.2) is 16.4 Å². The Morgan fingerprint density at radius 3 is 3.00 bits per heavy atom. The van der Waals surface area contributed by atoms with Crippen molar-refractivity contribution in [1.82, 2.24) is 4.98 Å². The summed E-state index contributed by atoms with van der Waals surface area (Å²) in [5.41, 5.74) is 1.05. The number of pyridine rings is 1. The second-order valence-corrected chi connectivity index (χ2v) is 3.14. The summed E-state index contributed by atoms with van der Waals surface area (Å²) in [6.45, 7) is 1.96. The van der Waals surface area contributed by atoms with Crippen LogP contribution in [-0.2, 0) is 0 Å². The van der Waals surface area contributed by atoms with E-state index in [0.717, 1.165) is 11.4 Å². The van der Waals surface area contributed by atoms with Crippen molar-refractivity contribution in [3.05, 3.63) is 23.9 Å². The third kappa shape index (κ3) is 2.23. The van der Waals surface area contributed by atoms with E-state index in [1.807, 2.05) is 25.3 Å². The van der Waals surface area contributed by atoms with Gasteiger partial charge in [0.1, 0.15) is 5.82 Å². The number of hydrogen-bond acceptors (Lipinski definition) is 3. The van der Waals surface area contributed by atoms with Crippen LogP contribution >= 0.6 is 11.8 Å². The number of nitrogens with zero attached hydrogens (tertiary/aromatic N) is 1. The first-order chi connectivity index (χ1) is 5.74. The Morgan fingerprint density at radius 2 is 2.42 bits per heavy atom. The van der Waals surface area contributed by atoms with Gasteiger partial charge in [0.15, 0.2) is 5.17 Å². The lowest BCUT2D eigenvalue weighted by Crippen LogP contribution is -2.07. The highest BCUT2D eigenvalue weighted by Crippen LogP contribution is 2.10. The number of nitrogens with one attached hydrogen (secondary N) is 2. The molecule has 2 N–H and O–H groups in total. The van der Waals surface area contributed by atoms with Gasteiger partial charge in [0.25, 0.3) is 0 Å². The maximum Gasteiger partial charge on any atom is 0.159 e. The third-order valence-electron chi connectivity index (χ3n) is 1.45. The van der Waals surface area contributed by atoms with Crippen LogP contribution in [0.15, 0.2) is 18.3 Å². The van der Waals surface area contributed by atoms with E-state index >= 15 is 0 Å². The van der Waals surface area contributed by atoms with Crippen molar-refractivity contribution < 1.29 is 0 Å². The van der Waals surface area contributed by atoms with Crippen LogP contribution < -0.4 is 5.32 Å². The Balaban J connectivity index is 2.75. The number of amidine groups is 1. The molecule has 4 heteroatoms. The lowest BCUT2D eigenvalue weighted by molar-refractivity contribution is 1.27. The maximum absolute atomic E-state index is 7.38. The molecule has 0 aliphatic rings. The minimum atomic E-state index is 0.414. The molecule has 0 unspecified atom stereocenters. The summed E-state index contributed by atoms with van der Waals surface area (Å²) in [7, 11) is 0. The molecule has 0 saturated heterocycles. The van der Waals surface area contributed by atoms with E-state index in [4.69, 9.17) is 5.41 Å². The first kappa shape index (κ1) is 9.06. The molecular weight excluding hydrogens is 170 g/mol. The molecule has 64 valence electrons. The van der Waals surface area contributed by atoms with E-state index in [2.05, 4.69) is 10.3 Å². The van der Waals surface area contributed by atoms with E-state index < -0.39 is 0 Å². The minimum absolute atomic E-state index is 0.414. The number of anilines is 1. The Morgan fingerprint density at radius 1 is 1.67 bits per heavy atom. The second-order valence-electron chi connectivity index (χ2n) is 2.33. The molecule has 1 aromatic rings. The quantitative estimate of drug-likeness (QED) is 0.515. The summed E-state index contributed by atoms with van der Waals surface area (Å²) < 4.78 is 0. The predicted molar refractivity (Wildman–Crippen MR) is 53.8 cm³/mol. The smallest absolute Gasteiger partial charge is 0.159 e. The Hall–Kier alpha value is -1.03. The monoisotopic (exact) mass is 181 g/mol. The molecule has 12 heavy (non-hydrogen) atoms. The SMILES string of the molecule is CSC(=N)Nc1ncccc1C. The summed E-state index contributed by atoms with van der Waals surface area (Å²) in [6.07, 6.45) is 3.57. The molecule has 0 aliphatic carbocycles. The molecule has 0 amide bonds. The van der Waals surface area contributed by atoms with Gasteiger partial charge in [-0.1, -0.05) is 17.8 Å². The molecule has 0 atom stereocenters. The van der Waals surface area contributed by atoms with Crippen LogP contribution in [0.4, 0.5) is 5.82 Å². The van der Waals surface area contributed by atoms with Gasteiger partial charge in [0.2, 0.25) is 0 Å². The van der Waals surface area contributed by atoms with Crippen molar-refractivity contribution in [2.24, 2.45) is 0 Å². The molecule has 0 aliphatic heterocycles. The fraction of sp³-hybridized carbons (Fsp3) is 0.250. The highest BCUT2D eigenvalue weighted by Gasteiger charge is 1.99. The van der Waals surface area contributed by atoms with Crippen LogP contribution in [0.1, 0.15) is 5.56 Å². The zero-order valence-corrected chi connectivity index (χ0v) is 7.90. The maximum atomic E-state index is 7.38. The van der Waals surface area contributed by atoms with Crippen LogP contribution in [0.25, 0.3) is 0 Å². The Labute approximate surface area is 76.1 Å². The first-order valence-electron chi connectivity index (χ1n) is 3.55. The van der Waals surface area contributed by atoms with Gasteiger partial charge in [0, 0.05) is 6.20 Å². The zero-order valence-electron chi connectivity index (χ0n) is 7.09. The highest BCUT2D eigenvalue weighted by molar-refractivity contribution is 8.13. The standard InChI is InChI=1S/C8H11N3S/c1-6-4-3-5-10-7(6)11-8(9)12-2/h3-5H,1-2H3,(H2,9,10,11). The van der Waals surface area contributed by atoms with Gasteiger partial charge in [-0.2, -0.15) is 0 Å². The molecule has 0 bridgehead atoms. The summed E-state index contributed by atoms with van der Waals surface area (Å²) in [6, 6.07) is 3.84. The molecule has 1 heterocycles. The van der Waals surface area contributed by atoms with Gasteiger partial charge in [-0.15, -0.1) is 0 Å². The topological polar surface area (TPSA) is 48.8 Å². The molecule has 0 radical (unpaired) electrons. The number of aromatic nitrogens is 1. The predicted octanol–water partition coefficient (Wildman–Crippen LogP) is 2.10. The largest absolute Gasteiger partial charge is 0.320 e. The average molecular weight is 181 g/mol. The molecule has 0 fully saturated rings. The Kier molecular flexibility index (Phi) is 3.10. The third-order valence-corrected chi connectivity index (χ3v) is 1.96. The molecular formula is C8H11N3S. The normalized spacial score (nSPS) is 9.50. The first-order valence-corrected chi connectivity index (χ1v) is 4.77. The molecule has 0 saturated carbocycles. The van der Waals surface area contributed by atoms with Crippen LogP contribution in [0.3, 0.4) is 0 Å². The lowest BCUT2D eigenvalue weighted by Gasteiger charge is -2.05. The fourth-order valence-electron chi connectivity index (χ4n) is 0.775. The van der Waals surface area contributed by atoms with Crippen molar-refractivity contribution in [2.75, 3.05) is 11.6 Å². The van der Waals surface area contributed by atoms with Crippen molar-refractivity contribution in [3.63, 3.8) is 0 Å². The molecule has 0 aromatic carbocycles. The summed E-state index contributed by atoms with van der Waals surface area (Å²) >= 11 is 1.36. The van der Waals surface area contributed by atoms with E-state index in [-0.39, 0.29) is 0 Å². The Bertz CT molecular complexity index is 285. The van der Waals surface area contributed by atoms with Gasteiger partial charge in [-0.25, -0.2) is 4.98 Å². The lowest BCUT2D eigenvalue weighted by atomic mass is 10.3. The van der Waals surface area contributed by atoms with Crippen molar-refractivity contribution in [2.45, 2.75) is 6.92 Å². The van der Waals surface area contributed by atoms with E-state index in [1.165, 1.54) is 11.8 Å². The molecule has 1 rings (SSSR count). The van der Waals surface area contributed by atoms with Gasteiger partial charge in [0.05, 0.1) is 0 Å². The van der Waals surface area contributed by atoms with Gasteiger partial charge in [-0.3, -0.25) is 5.41 Å². The van der Waals surface area contributed by atoms with E-state index in [9.17, 15) is 0 Å². The van der Waals surface area contributed by atoms with Crippen molar-refractivity contribution >= 4 is 22.7 Å². The van der Waals surface area contributed by atoms with E-state index in [1.54, 1.807) is 6.20 Å². The highest BCUT2D eigenvalue weighted by atomic mass is 32.2. The minimum Gasteiger partial charge on any atom is -0.320 e. The van der Waals surface area contributed by atoms with E-state index in [0.29, 0.717) is 5.17 Å².